The summed E-state index contributed by atoms with van der Waals surface area (Å²) in [6.45, 7) is 0. The van der Waals surface area contributed by atoms with E-state index in [1.165, 1.54) is 20.3 Å². The van der Waals surface area contributed by atoms with Crippen molar-refractivity contribution in [3.8, 4) is 0 Å². The van der Waals surface area contributed by atoms with Gasteiger partial charge in [-0.3, -0.25) is 9.59 Å². The van der Waals surface area contributed by atoms with Crippen LogP contribution in [0, 0.1) is 0 Å². The van der Waals surface area contributed by atoms with E-state index in [1.54, 1.807) is 12.1 Å². The summed E-state index contributed by atoms with van der Waals surface area (Å²) in [6, 6.07) is 14.1. The minimum absolute atomic E-state index is 0.124. The van der Waals surface area contributed by atoms with E-state index in [0.29, 0.717) is 4.90 Å². The average molecular weight is 356 g/mol. The molecule has 0 amide bonds. The van der Waals surface area contributed by atoms with Crippen LogP contribution in [0.25, 0.3) is 0 Å². The predicted octanol–water partition coefficient (Wildman–Crippen LogP) is 2.88. The first kappa shape index (κ1) is 17.3. The predicted molar refractivity (Wildman–Crippen MR) is 92.7 cm³/mol. The normalized spacial score (nSPS) is 15.0. The number of carbonyl (C=O) groups is 2. The molecule has 0 fully saturated rings. The number of allylic oxidation sites excluding steroid dienone is 2. The summed E-state index contributed by atoms with van der Waals surface area (Å²) >= 11 is -1.48. The molecule has 2 aromatic carbocycles. The van der Waals surface area contributed by atoms with Gasteiger partial charge in [-0.2, -0.15) is 0 Å². The second-order valence-corrected chi connectivity index (χ2v) is 6.80. The third-order valence-electron chi connectivity index (χ3n) is 3.91. The number of fused-ring (bicyclic) bond motifs is 1. The van der Waals surface area contributed by atoms with E-state index < -0.39 is 22.7 Å². The van der Waals surface area contributed by atoms with Crippen molar-refractivity contribution >= 4 is 22.7 Å². The maximum absolute atomic E-state index is 12.8. The van der Waals surface area contributed by atoms with Crippen LogP contribution in [0.4, 0.5) is 0 Å². The van der Waals surface area contributed by atoms with Crippen molar-refractivity contribution in [3.05, 3.63) is 76.7 Å². The smallest absolute Gasteiger partial charge is 0.237 e. The Labute approximate surface area is 148 Å². The molecule has 0 spiro atoms. The van der Waals surface area contributed by atoms with Crippen LogP contribution in [0.3, 0.4) is 0 Å². The molecule has 0 bridgehead atoms. The largest absolute Gasteiger partial charge is 0.611 e. The Balaban J connectivity index is 2.06. The molecule has 0 N–H and O–H groups in total. The minimum Gasteiger partial charge on any atom is -0.611 e. The number of Topliss-reactive ketones (excluding diaryl/α,β-unsaturated/α-hetero) is 2. The van der Waals surface area contributed by atoms with Gasteiger partial charge in [0.25, 0.3) is 0 Å². The molecule has 0 heterocycles. The molecule has 1 aliphatic rings. The summed E-state index contributed by atoms with van der Waals surface area (Å²) in [6.07, 6.45) is 0. The Morgan fingerprint density at radius 1 is 0.880 bits per heavy atom. The average Bonchev–Trinajstić information content (AvgIpc) is 2.64. The second-order valence-electron chi connectivity index (χ2n) is 5.38. The van der Waals surface area contributed by atoms with Crippen LogP contribution >= 0.6 is 0 Å². The van der Waals surface area contributed by atoms with E-state index >= 15 is 0 Å². The highest BCUT2D eigenvalue weighted by atomic mass is 32.2. The number of ketones is 2. The molecule has 6 heteroatoms. The van der Waals surface area contributed by atoms with Gasteiger partial charge < -0.3 is 14.0 Å². The fourth-order valence-corrected chi connectivity index (χ4v) is 4.07. The van der Waals surface area contributed by atoms with Crippen molar-refractivity contribution in [2.24, 2.45) is 0 Å². The monoisotopic (exact) mass is 356 g/mol. The molecule has 1 atom stereocenters. The van der Waals surface area contributed by atoms with Crippen molar-refractivity contribution < 1.29 is 23.6 Å². The van der Waals surface area contributed by atoms with E-state index in [9.17, 15) is 14.1 Å². The second kappa shape index (κ2) is 7.13. The van der Waals surface area contributed by atoms with Gasteiger partial charge in [0, 0.05) is 11.1 Å². The third-order valence-corrected chi connectivity index (χ3v) is 5.34. The maximum atomic E-state index is 12.8. The topological polar surface area (TPSA) is 75.7 Å². The van der Waals surface area contributed by atoms with Crippen LogP contribution in [-0.2, 0) is 26.4 Å². The van der Waals surface area contributed by atoms with Gasteiger partial charge in [-0.15, -0.1) is 0 Å². The van der Waals surface area contributed by atoms with Crippen LogP contribution in [0.5, 0.6) is 0 Å². The number of rotatable bonds is 5. The van der Waals surface area contributed by atoms with Gasteiger partial charge in [0.2, 0.25) is 23.1 Å². The van der Waals surface area contributed by atoms with Gasteiger partial charge in [-0.1, -0.05) is 36.4 Å². The van der Waals surface area contributed by atoms with E-state index in [1.807, 2.05) is 30.3 Å². The third kappa shape index (κ3) is 3.06. The Hall–Kier alpha value is -2.57. The van der Waals surface area contributed by atoms with Gasteiger partial charge in [0.05, 0.1) is 19.8 Å². The van der Waals surface area contributed by atoms with Gasteiger partial charge in [-0.05, 0) is 23.3 Å². The van der Waals surface area contributed by atoms with Crippen LogP contribution in [0.2, 0.25) is 0 Å². The Kier molecular flexibility index (Phi) is 4.92. The van der Waals surface area contributed by atoms with E-state index in [0.717, 1.165) is 5.56 Å². The molecule has 1 unspecified atom stereocenters. The molecular weight excluding hydrogens is 340 g/mol. The molecule has 2 aromatic rings. The van der Waals surface area contributed by atoms with Crippen LogP contribution in [-0.4, -0.2) is 30.3 Å². The highest BCUT2D eigenvalue weighted by Crippen LogP contribution is 2.32. The zero-order valence-electron chi connectivity index (χ0n) is 13.8. The lowest BCUT2D eigenvalue weighted by Crippen LogP contribution is -2.26. The van der Waals surface area contributed by atoms with Gasteiger partial charge in [-0.25, -0.2) is 0 Å². The van der Waals surface area contributed by atoms with Crippen LogP contribution < -0.4 is 0 Å². The molecule has 0 saturated carbocycles. The highest BCUT2D eigenvalue weighted by Gasteiger charge is 2.38. The molecule has 5 nitrogen and oxygen atoms in total. The lowest BCUT2D eigenvalue weighted by Gasteiger charge is -2.21. The fraction of sp³-hybridized carbons (Fsp3) is 0.158. The van der Waals surface area contributed by atoms with Crippen molar-refractivity contribution in [3.63, 3.8) is 0 Å². The summed E-state index contributed by atoms with van der Waals surface area (Å²) in [5, 5.41) is 0. The summed E-state index contributed by atoms with van der Waals surface area (Å²) in [4.78, 5) is 25.7. The standard InChI is InChI=1S/C19H16O5S/c1-23-18-16(20)13-9-6-10-14(15(13)17(21)19(18)24-2)25(22)11-12-7-4-3-5-8-12/h3-10H,11H2,1-2H3. The van der Waals surface area contributed by atoms with Crippen molar-refractivity contribution in [1.29, 1.82) is 0 Å². The first-order chi connectivity index (χ1) is 12.1. The molecule has 0 radical (unpaired) electrons. The Morgan fingerprint density at radius 3 is 2.16 bits per heavy atom. The lowest BCUT2D eigenvalue weighted by molar-refractivity contribution is 0.0826. The fourth-order valence-electron chi connectivity index (χ4n) is 2.76. The number of benzene rings is 2. The van der Waals surface area contributed by atoms with E-state index in [4.69, 9.17) is 9.47 Å². The Morgan fingerprint density at radius 2 is 1.52 bits per heavy atom. The van der Waals surface area contributed by atoms with E-state index in [2.05, 4.69) is 0 Å². The molecule has 0 aromatic heterocycles. The molecule has 0 aliphatic heterocycles. The quantitative estimate of drug-likeness (QED) is 0.770. The molecule has 1 aliphatic carbocycles. The maximum Gasteiger partial charge on any atom is 0.237 e. The SMILES string of the molecule is COC1=C(OC)C(=O)c2c(cccc2[S+]([O-])Cc2ccccc2)C1=O. The van der Waals surface area contributed by atoms with Gasteiger partial charge in [0.15, 0.2) is 4.90 Å². The number of hydrogen-bond donors (Lipinski definition) is 0. The van der Waals surface area contributed by atoms with Gasteiger partial charge >= 0.3 is 0 Å². The summed E-state index contributed by atoms with van der Waals surface area (Å²) in [7, 11) is 2.61. The zero-order chi connectivity index (χ0) is 18.0. The number of methoxy groups -OCH3 is 2. The lowest BCUT2D eigenvalue weighted by atomic mass is 9.92. The molecule has 128 valence electrons. The Bertz CT molecular complexity index is 857. The summed E-state index contributed by atoms with van der Waals surface area (Å²) in [5.74, 6) is -0.990. The zero-order valence-corrected chi connectivity index (χ0v) is 14.6. The van der Waals surface area contributed by atoms with Crippen molar-refractivity contribution in [2.45, 2.75) is 10.6 Å². The van der Waals surface area contributed by atoms with Crippen LogP contribution in [0.15, 0.2) is 64.9 Å². The number of carbonyl (C=O) groups excluding carboxylic acids is 2. The van der Waals surface area contributed by atoms with Crippen molar-refractivity contribution in [1.82, 2.24) is 0 Å². The first-order valence-electron chi connectivity index (χ1n) is 7.55. The molecule has 0 saturated heterocycles. The summed E-state index contributed by atoms with van der Waals surface area (Å²) in [5.41, 5.74) is 1.19. The molecule has 3 rings (SSSR count). The van der Waals surface area contributed by atoms with Crippen LogP contribution in [0.1, 0.15) is 26.3 Å². The number of ether oxygens (including phenoxy) is 2. The van der Waals surface area contributed by atoms with Gasteiger partial charge in [0.1, 0.15) is 5.75 Å². The van der Waals surface area contributed by atoms with E-state index in [-0.39, 0.29) is 28.4 Å². The molecular formula is C19H16O5S. The summed E-state index contributed by atoms with van der Waals surface area (Å²) < 4.78 is 23.0. The molecule has 25 heavy (non-hydrogen) atoms. The minimum atomic E-state index is -1.48. The number of hydrogen-bond acceptors (Lipinski definition) is 5. The van der Waals surface area contributed by atoms with Crippen molar-refractivity contribution in [2.75, 3.05) is 14.2 Å². The first-order valence-corrected chi connectivity index (χ1v) is 8.87. The highest BCUT2D eigenvalue weighted by molar-refractivity contribution is 7.90.